The van der Waals surface area contributed by atoms with Crippen molar-refractivity contribution in [1.82, 2.24) is 20.3 Å². The average Bonchev–Trinajstić information content (AvgIpc) is 2.84. The first-order valence-corrected chi connectivity index (χ1v) is 5.87. The van der Waals surface area contributed by atoms with Crippen molar-refractivity contribution < 1.29 is 4.74 Å². The zero-order chi connectivity index (χ0) is 11.5. The molecule has 90 valence electrons. The topological polar surface area (TPSA) is 52.0 Å². The summed E-state index contributed by atoms with van der Waals surface area (Å²) >= 11 is 0. The smallest absolute Gasteiger partial charge is 0.0843 e. The highest BCUT2D eigenvalue weighted by molar-refractivity contribution is 4.98. The lowest BCUT2D eigenvalue weighted by molar-refractivity contribution is 0.0335. The van der Waals surface area contributed by atoms with Gasteiger partial charge in [-0.1, -0.05) is 5.21 Å². The van der Waals surface area contributed by atoms with Gasteiger partial charge in [0.2, 0.25) is 0 Å². The van der Waals surface area contributed by atoms with Gasteiger partial charge in [0.25, 0.3) is 0 Å². The van der Waals surface area contributed by atoms with Gasteiger partial charge >= 0.3 is 0 Å². The van der Waals surface area contributed by atoms with Crippen LogP contribution in [0, 0.1) is 0 Å². The van der Waals surface area contributed by atoms with E-state index < -0.39 is 0 Å². The number of rotatable bonds is 4. The molecular weight excluding hydrogens is 204 g/mol. The molecule has 16 heavy (non-hydrogen) atoms. The molecule has 5 nitrogen and oxygen atoms in total. The molecule has 1 aliphatic heterocycles. The molecule has 0 amide bonds. The van der Waals surface area contributed by atoms with Gasteiger partial charge in [0.05, 0.1) is 17.9 Å². The van der Waals surface area contributed by atoms with Gasteiger partial charge in [-0.05, 0) is 26.8 Å². The number of likely N-dealkylation sites (N-methyl/N-ethyl adjacent to an activating group) is 1. The molecular formula is C11H20N4O. The highest BCUT2D eigenvalue weighted by atomic mass is 16.5. The van der Waals surface area contributed by atoms with Crippen LogP contribution in [-0.2, 0) is 18.2 Å². The Bertz CT molecular complexity index is 338. The molecule has 2 heterocycles. The summed E-state index contributed by atoms with van der Waals surface area (Å²) in [7, 11) is 3.87. The minimum absolute atomic E-state index is 0.307. The Labute approximate surface area is 96.2 Å². The molecule has 0 bridgehead atoms. The third kappa shape index (κ3) is 2.59. The number of aryl methyl sites for hydroxylation is 1. The third-order valence-corrected chi connectivity index (χ3v) is 3.16. The summed E-state index contributed by atoms with van der Waals surface area (Å²) in [6.07, 6.45) is 5.82. The third-order valence-electron chi connectivity index (χ3n) is 3.16. The van der Waals surface area contributed by atoms with Gasteiger partial charge in [-0.15, -0.1) is 5.10 Å². The van der Waals surface area contributed by atoms with Crippen molar-refractivity contribution in [2.45, 2.75) is 44.4 Å². The van der Waals surface area contributed by atoms with Gasteiger partial charge in [0, 0.05) is 25.7 Å². The van der Waals surface area contributed by atoms with Gasteiger partial charge in [-0.3, -0.25) is 4.68 Å². The molecule has 1 aromatic heterocycles. The van der Waals surface area contributed by atoms with E-state index in [1.807, 2.05) is 20.3 Å². The second-order valence-electron chi connectivity index (χ2n) is 4.55. The van der Waals surface area contributed by atoms with Gasteiger partial charge in [-0.25, -0.2) is 0 Å². The van der Waals surface area contributed by atoms with Crippen molar-refractivity contribution >= 4 is 0 Å². The van der Waals surface area contributed by atoms with E-state index in [0.29, 0.717) is 18.2 Å². The summed E-state index contributed by atoms with van der Waals surface area (Å²) in [5.41, 5.74) is 1.02. The fourth-order valence-corrected chi connectivity index (χ4v) is 2.26. The molecule has 1 N–H and O–H groups in total. The van der Waals surface area contributed by atoms with Crippen LogP contribution in [0.1, 0.15) is 25.5 Å². The Morgan fingerprint density at radius 3 is 2.94 bits per heavy atom. The van der Waals surface area contributed by atoms with Crippen molar-refractivity contribution in [3.8, 4) is 0 Å². The molecule has 1 aliphatic rings. The lowest BCUT2D eigenvalue weighted by Gasteiger charge is -2.22. The van der Waals surface area contributed by atoms with Crippen LogP contribution in [0.5, 0.6) is 0 Å². The normalized spacial score (nSPS) is 27.2. The summed E-state index contributed by atoms with van der Waals surface area (Å²) in [4.78, 5) is 0. The molecule has 1 fully saturated rings. The van der Waals surface area contributed by atoms with Gasteiger partial charge in [0.1, 0.15) is 0 Å². The molecule has 0 saturated carbocycles. The quantitative estimate of drug-likeness (QED) is 0.810. The number of nitrogens with zero attached hydrogens (tertiary/aromatic N) is 3. The minimum atomic E-state index is 0.307. The van der Waals surface area contributed by atoms with Crippen LogP contribution in [0.15, 0.2) is 6.20 Å². The standard InChI is InChI=1S/C11H20N4O/c1-8-4-5-11(16-8)10(12-2)6-9-7-15(3)14-13-9/h7-8,10-12H,4-6H2,1-3H3. The molecule has 1 aromatic rings. The number of aromatic nitrogens is 3. The zero-order valence-electron chi connectivity index (χ0n) is 10.2. The molecule has 2 rings (SSSR count). The van der Waals surface area contributed by atoms with E-state index in [9.17, 15) is 0 Å². The summed E-state index contributed by atoms with van der Waals surface area (Å²) in [6, 6.07) is 0.335. The lowest BCUT2D eigenvalue weighted by atomic mass is 10.0. The van der Waals surface area contributed by atoms with Crippen LogP contribution >= 0.6 is 0 Å². The van der Waals surface area contributed by atoms with Crippen molar-refractivity contribution in [3.05, 3.63) is 11.9 Å². The maximum atomic E-state index is 5.88. The Balaban J connectivity index is 1.95. The van der Waals surface area contributed by atoms with E-state index in [1.54, 1.807) is 4.68 Å². The Hall–Kier alpha value is -0.940. The molecule has 0 spiro atoms. The van der Waals surface area contributed by atoms with Crippen LogP contribution in [0.4, 0.5) is 0 Å². The second kappa shape index (κ2) is 4.93. The number of hydrogen-bond acceptors (Lipinski definition) is 4. The van der Waals surface area contributed by atoms with E-state index in [-0.39, 0.29) is 0 Å². The maximum absolute atomic E-state index is 5.88. The predicted octanol–water partition coefficient (Wildman–Crippen LogP) is 0.513. The molecule has 0 aromatic carbocycles. The van der Waals surface area contributed by atoms with Gasteiger partial charge < -0.3 is 10.1 Å². The van der Waals surface area contributed by atoms with E-state index in [2.05, 4.69) is 22.6 Å². The van der Waals surface area contributed by atoms with Crippen LogP contribution < -0.4 is 5.32 Å². The van der Waals surface area contributed by atoms with Crippen LogP contribution in [0.3, 0.4) is 0 Å². The first-order valence-electron chi connectivity index (χ1n) is 5.87. The van der Waals surface area contributed by atoms with E-state index in [0.717, 1.165) is 25.0 Å². The molecule has 3 atom stereocenters. The minimum Gasteiger partial charge on any atom is -0.374 e. The molecule has 1 saturated heterocycles. The monoisotopic (exact) mass is 224 g/mol. The largest absolute Gasteiger partial charge is 0.374 e. The second-order valence-corrected chi connectivity index (χ2v) is 4.55. The highest BCUT2D eigenvalue weighted by Gasteiger charge is 2.29. The number of hydrogen-bond donors (Lipinski definition) is 1. The van der Waals surface area contributed by atoms with Gasteiger partial charge in [-0.2, -0.15) is 0 Å². The Kier molecular flexibility index (Phi) is 3.56. The Morgan fingerprint density at radius 2 is 2.44 bits per heavy atom. The summed E-state index contributed by atoms with van der Waals surface area (Å²) in [5, 5.41) is 11.4. The number of nitrogens with one attached hydrogen (secondary N) is 1. The first-order chi connectivity index (χ1) is 7.69. The molecule has 5 heteroatoms. The van der Waals surface area contributed by atoms with Crippen molar-refractivity contribution in [2.24, 2.45) is 7.05 Å². The van der Waals surface area contributed by atoms with E-state index in [4.69, 9.17) is 4.74 Å². The SMILES string of the molecule is CNC(Cc1cn(C)nn1)C1CCC(C)O1. The van der Waals surface area contributed by atoms with E-state index >= 15 is 0 Å². The maximum Gasteiger partial charge on any atom is 0.0843 e. The highest BCUT2D eigenvalue weighted by Crippen LogP contribution is 2.22. The average molecular weight is 224 g/mol. The van der Waals surface area contributed by atoms with Gasteiger partial charge in [0.15, 0.2) is 0 Å². The predicted molar refractivity (Wildman–Crippen MR) is 61.1 cm³/mol. The number of ether oxygens (including phenoxy) is 1. The van der Waals surface area contributed by atoms with Crippen LogP contribution in [0.25, 0.3) is 0 Å². The van der Waals surface area contributed by atoms with Crippen molar-refractivity contribution in [3.63, 3.8) is 0 Å². The Morgan fingerprint density at radius 1 is 1.62 bits per heavy atom. The first kappa shape index (κ1) is 11.5. The van der Waals surface area contributed by atoms with E-state index in [1.165, 1.54) is 0 Å². The summed E-state index contributed by atoms with van der Waals surface area (Å²) in [5.74, 6) is 0. The van der Waals surface area contributed by atoms with Crippen molar-refractivity contribution in [2.75, 3.05) is 7.05 Å². The molecule has 0 radical (unpaired) electrons. The molecule has 3 unspecified atom stereocenters. The summed E-state index contributed by atoms with van der Waals surface area (Å²) < 4.78 is 7.61. The van der Waals surface area contributed by atoms with Crippen LogP contribution in [-0.4, -0.2) is 40.3 Å². The lowest BCUT2D eigenvalue weighted by Crippen LogP contribution is -2.39. The van der Waals surface area contributed by atoms with Crippen molar-refractivity contribution in [1.29, 1.82) is 0 Å². The van der Waals surface area contributed by atoms with Crippen LogP contribution in [0.2, 0.25) is 0 Å². The molecule has 0 aliphatic carbocycles. The summed E-state index contributed by atoms with van der Waals surface area (Å²) in [6.45, 7) is 2.13. The zero-order valence-corrected chi connectivity index (χ0v) is 10.2. The fourth-order valence-electron chi connectivity index (χ4n) is 2.26. The fraction of sp³-hybridized carbons (Fsp3) is 0.818.